The Hall–Kier alpha value is -1.31. The van der Waals surface area contributed by atoms with Crippen LogP contribution in [0.25, 0.3) is 0 Å². The Labute approximate surface area is 97.6 Å². The molecule has 0 aliphatic carbocycles. The maximum absolute atomic E-state index is 11.7. The zero-order chi connectivity index (χ0) is 12.2. The molecule has 1 rings (SSSR count). The van der Waals surface area contributed by atoms with Crippen LogP contribution in [0.3, 0.4) is 0 Å². The summed E-state index contributed by atoms with van der Waals surface area (Å²) in [5.74, 6) is 0.895. The highest BCUT2D eigenvalue weighted by molar-refractivity contribution is 5.85. The largest absolute Gasteiger partial charge is 0.486 e. The van der Waals surface area contributed by atoms with E-state index in [-0.39, 0.29) is 17.8 Å². The molecule has 0 atom stereocenters. The second-order valence-corrected chi connectivity index (χ2v) is 4.96. The number of carbonyl (C=O) groups excluding carboxylic acids is 1. The van der Waals surface area contributed by atoms with Gasteiger partial charge in [-0.2, -0.15) is 0 Å². The first kappa shape index (κ1) is 12.8. The highest BCUT2D eigenvalue weighted by Crippen LogP contribution is 2.17. The molecule has 0 N–H and O–H groups in total. The zero-order valence-electron chi connectivity index (χ0n) is 10.5. The minimum atomic E-state index is -0.331. The molecule has 2 heteroatoms. The third-order valence-corrected chi connectivity index (χ3v) is 2.51. The first-order chi connectivity index (χ1) is 7.43. The second-order valence-electron chi connectivity index (χ2n) is 4.96. The summed E-state index contributed by atoms with van der Waals surface area (Å²) in [7, 11) is 0. The molecule has 0 radical (unpaired) electrons. The first-order valence-corrected chi connectivity index (χ1v) is 5.68. The topological polar surface area (TPSA) is 26.3 Å². The van der Waals surface area contributed by atoms with Crippen molar-refractivity contribution in [3.8, 4) is 5.75 Å². The van der Waals surface area contributed by atoms with E-state index in [0.29, 0.717) is 0 Å². The van der Waals surface area contributed by atoms with Crippen molar-refractivity contribution in [3.05, 3.63) is 29.8 Å². The molecule has 0 aromatic heterocycles. The molecule has 0 heterocycles. The summed E-state index contributed by atoms with van der Waals surface area (Å²) in [6.45, 7) is 7.96. The van der Waals surface area contributed by atoms with E-state index in [4.69, 9.17) is 4.74 Å². The van der Waals surface area contributed by atoms with Crippen LogP contribution in [-0.2, 0) is 11.2 Å². The van der Waals surface area contributed by atoms with E-state index in [9.17, 15) is 4.79 Å². The molecule has 88 valence electrons. The van der Waals surface area contributed by atoms with Gasteiger partial charge in [0.15, 0.2) is 5.78 Å². The predicted octanol–water partition coefficient (Wildman–Crippen LogP) is 3.24. The average molecular weight is 220 g/mol. The molecule has 2 nitrogen and oxygen atoms in total. The lowest BCUT2D eigenvalue weighted by molar-refractivity contribution is -0.128. The van der Waals surface area contributed by atoms with Crippen molar-refractivity contribution in [3.63, 3.8) is 0 Å². The minimum absolute atomic E-state index is 0.120. The molecule has 0 aliphatic rings. The van der Waals surface area contributed by atoms with Crippen LogP contribution in [0.15, 0.2) is 24.3 Å². The van der Waals surface area contributed by atoms with E-state index in [1.54, 1.807) is 0 Å². The van der Waals surface area contributed by atoms with Gasteiger partial charge in [-0.15, -0.1) is 0 Å². The number of ether oxygens (including phenoxy) is 1. The lowest BCUT2D eigenvalue weighted by atomic mass is 9.91. The lowest BCUT2D eigenvalue weighted by Gasteiger charge is -2.16. The van der Waals surface area contributed by atoms with Gasteiger partial charge in [0.05, 0.1) is 0 Å². The Morgan fingerprint density at radius 3 is 2.56 bits per heavy atom. The van der Waals surface area contributed by atoms with Crippen LogP contribution in [0.2, 0.25) is 0 Å². The standard InChI is InChI=1S/C14H20O2/c1-5-11-7-6-8-12(9-11)16-10-13(15)14(2,3)4/h6-9H,5,10H2,1-4H3. The van der Waals surface area contributed by atoms with Gasteiger partial charge in [0.25, 0.3) is 0 Å². The zero-order valence-corrected chi connectivity index (χ0v) is 10.5. The van der Waals surface area contributed by atoms with Gasteiger partial charge in [-0.3, -0.25) is 4.79 Å². The molecule has 16 heavy (non-hydrogen) atoms. The number of rotatable bonds is 4. The Balaban J connectivity index is 2.58. The number of hydrogen-bond acceptors (Lipinski definition) is 2. The van der Waals surface area contributed by atoms with Gasteiger partial charge in [-0.25, -0.2) is 0 Å². The van der Waals surface area contributed by atoms with Crippen molar-refractivity contribution in [1.29, 1.82) is 0 Å². The smallest absolute Gasteiger partial charge is 0.175 e. The van der Waals surface area contributed by atoms with Crippen LogP contribution in [0, 0.1) is 5.41 Å². The van der Waals surface area contributed by atoms with Crippen LogP contribution in [0.1, 0.15) is 33.3 Å². The fraction of sp³-hybridized carbons (Fsp3) is 0.500. The summed E-state index contributed by atoms with van der Waals surface area (Å²) >= 11 is 0. The average Bonchev–Trinajstić information content (AvgIpc) is 2.25. The van der Waals surface area contributed by atoms with Gasteiger partial charge in [-0.05, 0) is 24.1 Å². The van der Waals surface area contributed by atoms with Crippen molar-refractivity contribution in [2.45, 2.75) is 34.1 Å². The van der Waals surface area contributed by atoms with E-state index in [1.807, 2.05) is 39.0 Å². The first-order valence-electron chi connectivity index (χ1n) is 5.68. The van der Waals surface area contributed by atoms with Crippen LogP contribution >= 0.6 is 0 Å². The molecule has 0 bridgehead atoms. The van der Waals surface area contributed by atoms with Gasteiger partial charge in [0.1, 0.15) is 12.4 Å². The van der Waals surface area contributed by atoms with Crippen molar-refractivity contribution in [1.82, 2.24) is 0 Å². The summed E-state index contributed by atoms with van der Waals surface area (Å²) < 4.78 is 5.49. The third-order valence-electron chi connectivity index (χ3n) is 2.51. The van der Waals surface area contributed by atoms with Crippen LogP contribution in [-0.4, -0.2) is 12.4 Å². The van der Waals surface area contributed by atoms with Gasteiger partial charge in [0.2, 0.25) is 0 Å². The Morgan fingerprint density at radius 2 is 2.00 bits per heavy atom. The van der Waals surface area contributed by atoms with E-state index < -0.39 is 0 Å². The van der Waals surface area contributed by atoms with Crippen LogP contribution in [0.5, 0.6) is 5.75 Å². The number of aryl methyl sites for hydroxylation is 1. The molecule has 0 fully saturated rings. The van der Waals surface area contributed by atoms with Crippen molar-refractivity contribution >= 4 is 5.78 Å². The maximum Gasteiger partial charge on any atom is 0.175 e. The fourth-order valence-electron chi connectivity index (χ4n) is 1.22. The number of carbonyl (C=O) groups is 1. The summed E-state index contributed by atoms with van der Waals surface area (Å²) in [5, 5.41) is 0. The minimum Gasteiger partial charge on any atom is -0.486 e. The summed E-state index contributed by atoms with van der Waals surface area (Å²) in [6.07, 6.45) is 0.977. The molecule has 0 amide bonds. The van der Waals surface area contributed by atoms with Crippen LogP contribution in [0.4, 0.5) is 0 Å². The summed E-state index contributed by atoms with van der Waals surface area (Å²) in [6, 6.07) is 7.87. The fourth-order valence-corrected chi connectivity index (χ4v) is 1.22. The van der Waals surface area contributed by atoms with E-state index in [2.05, 4.69) is 13.0 Å². The molecule has 0 spiro atoms. The second kappa shape index (κ2) is 5.15. The van der Waals surface area contributed by atoms with Gasteiger partial charge in [0, 0.05) is 5.41 Å². The third kappa shape index (κ3) is 3.69. The van der Waals surface area contributed by atoms with Crippen LogP contribution < -0.4 is 4.74 Å². The number of hydrogen-bond donors (Lipinski definition) is 0. The highest BCUT2D eigenvalue weighted by Gasteiger charge is 2.21. The van der Waals surface area contributed by atoms with Gasteiger partial charge >= 0.3 is 0 Å². The summed E-state index contributed by atoms with van der Waals surface area (Å²) in [4.78, 5) is 11.7. The van der Waals surface area contributed by atoms with Gasteiger partial charge in [-0.1, -0.05) is 39.8 Å². The molecule has 0 saturated carbocycles. The molecule has 0 aliphatic heterocycles. The lowest BCUT2D eigenvalue weighted by Crippen LogP contribution is -2.26. The van der Waals surface area contributed by atoms with E-state index in [0.717, 1.165) is 12.2 Å². The normalized spacial score (nSPS) is 11.2. The Kier molecular flexibility index (Phi) is 4.11. The Bertz CT molecular complexity index is 361. The number of Topliss-reactive ketones (excluding diaryl/α,β-unsaturated/α-hetero) is 1. The maximum atomic E-state index is 11.7. The molecular formula is C14H20O2. The highest BCUT2D eigenvalue weighted by atomic mass is 16.5. The number of ketones is 1. The molecular weight excluding hydrogens is 200 g/mol. The predicted molar refractivity (Wildman–Crippen MR) is 65.8 cm³/mol. The molecule has 0 saturated heterocycles. The van der Waals surface area contributed by atoms with Crippen molar-refractivity contribution in [2.24, 2.45) is 5.41 Å². The van der Waals surface area contributed by atoms with Crippen molar-refractivity contribution < 1.29 is 9.53 Å². The van der Waals surface area contributed by atoms with E-state index >= 15 is 0 Å². The monoisotopic (exact) mass is 220 g/mol. The molecule has 1 aromatic rings. The van der Waals surface area contributed by atoms with Gasteiger partial charge < -0.3 is 4.74 Å². The molecule has 1 aromatic carbocycles. The van der Waals surface area contributed by atoms with Crippen molar-refractivity contribution in [2.75, 3.05) is 6.61 Å². The quantitative estimate of drug-likeness (QED) is 0.778. The summed E-state index contributed by atoms with van der Waals surface area (Å²) in [5.41, 5.74) is 0.892. The van der Waals surface area contributed by atoms with E-state index in [1.165, 1.54) is 5.56 Å². The SMILES string of the molecule is CCc1cccc(OCC(=O)C(C)(C)C)c1. The number of benzene rings is 1. The Morgan fingerprint density at radius 1 is 1.31 bits per heavy atom. The molecule has 0 unspecified atom stereocenters.